The van der Waals surface area contributed by atoms with Crippen LogP contribution in [-0.2, 0) is 14.8 Å². The van der Waals surface area contributed by atoms with Crippen molar-refractivity contribution in [1.29, 1.82) is 0 Å². The van der Waals surface area contributed by atoms with Crippen LogP contribution < -0.4 is 5.32 Å². The maximum absolute atomic E-state index is 12.4. The van der Waals surface area contributed by atoms with Gasteiger partial charge >= 0.3 is 0 Å². The van der Waals surface area contributed by atoms with Crippen LogP contribution in [0.15, 0.2) is 23.1 Å². The standard InChI is InChI=1S/C16H23N3O3S2/c1-4-6-7-8-15(20)18-16-17-13-10-9-12(11-14(13)23-16)24(21,22)19(3)5-2/h9-11H,4-8H2,1-3H3,(H,17,18,20). The van der Waals surface area contributed by atoms with E-state index >= 15 is 0 Å². The van der Waals surface area contributed by atoms with E-state index in [4.69, 9.17) is 0 Å². The quantitative estimate of drug-likeness (QED) is 0.723. The van der Waals surface area contributed by atoms with Gasteiger partial charge in [0.15, 0.2) is 5.13 Å². The molecular formula is C16H23N3O3S2. The molecule has 1 N–H and O–H groups in total. The van der Waals surface area contributed by atoms with E-state index in [9.17, 15) is 13.2 Å². The van der Waals surface area contributed by atoms with Gasteiger partial charge in [-0.1, -0.05) is 38.0 Å². The molecule has 8 heteroatoms. The van der Waals surface area contributed by atoms with Gasteiger partial charge in [-0.15, -0.1) is 0 Å². The lowest BCUT2D eigenvalue weighted by molar-refractivity contribution is -0.116. The Morgan fingerprint density at radius 1 is 1.29 bits per heavy atom. The molecule has 2 aromatic rings. The van der Waals surface area contributed by atoms with Crippen LogP contribution in [0.2, 0.25) is 0 Å². The molecule has 0 radical (unpaired) electrons. The van der Waals surface area contributed by atoms with E-state index in [1.165, 1.54) is 15.6 Å². The number of anilines is 1. The van der Waals surface area contributed by atoms with E-state index in [2.05, 4.69) is 17.2 Å². The summed E-state index contributed by atoms with van der Waals surface area (Å²) in [6.45, 7) is 4.28. The Bertz CT molecular complexity index is 815. The first-order chi connectivity index (χ1) is 11.4. The largest absolute Gasteiger partial charge is 0.302 e. The van der Waals surface area contributed by atoms with Crippen LogP contribution in [0, 0.1) is 0 Å². The Morgan fingerprint density at radius 3 is 2.71 bits per heavy atom. The summed E-state index contributed by atoms with van der Waals surface area (Å²) in [4.78, 5) is 16.5. The number of amides is 1. The van der Waals surface area contributed by atoms with Crippen LogP contribution >= 0.6 is 11.3 Å². The molecule has 6 nitrogen and oxygen atoms in total. The summed E-state index contributed by atoms with van der Waals surface area (Å²) in [5.41, 5.74) is 0.682. The van der Waals surface area contributed by atoms with Crippen molar-refractivity contribution in [2.24, 2.45) is 0 Å². The SMILES string of the molecule is CCCCCC(=O)Nc1nc2ccc(S(=O)(=O)N(C)CC)cc2s1. The van der Waals surface area contributed by atoms with E-state index in [-0.39, 0.29) is 10.8 Å². The van der Waals surface area contributed by atoms with Crippen LogP contribution in [0.5, 0.6) is 0 Å². The summed E-state index contributed by atoms with van der Waals surface area (Å²) in [7, 11) is -1.93. The maximum atomic E-state index is 12.4. The number of nitrogens with one attached hydrogen (secondary N) is 1. The molecular weight excluding hydrogens is 346 g/mol. The predicted octanol–water partition coefficient (Wildman–Crippen LogP) is 3.46. The van der Waals surface area contributed by atoms with Crippen molar-refractivity contribution in [3.63, 3.8) is 0 Å². The summed E-state index contributed by atoms with van der Waals surface area (Å²) in [5, 5.41) is 3.30. The van der Waals surface area contributed by atoms with Crippen molar-refractivity contribution in [3.05, 3.63) is 18.2 Å². The van der Waals surface area contributed by atoms with Gasteiger partial charge in [0.05, 0.1) is 15.1 Å². The molecule has 0 saturated carbocycles. The van der Waals surface area contributed by atoms with E-state index < -0.39 is 10.0 Å². The van der Waals surface area contributed by atoms with Crippen molar-refractivity contribution < 1.29 is 13.2 Å². The Kier molecular flexibility index (Phi) is 6.31. The molecule has 0 aliphatic rings. The Balaban J connectivity index is 2.19. The van der Waals surface area contributed by atoms with Crippen molar-refractivity contribution in [2.45, 2.75) is 44.4 Å². The first kappa shape index (κ1) is 18.8. The molecule has 0 bridgehead atoms. The predicted molar refractivity (Wildman–Crippen MR) is 97.9 cm³/mol. The Labute approximate surface area is 146 Å². The van der Waals surface area contributed by atoms with E-state index in [0.29, 0.717) is 23.6 Å². The Morgan fingerprint density at radius 2 is 2.04 bits per heavy atom. The number of sulfonamides is 1. The molecule has 24 heavy (non-hydrogen) atoms. The van der Waals surface area contributed by atoms with Crippen LogP contribution in [0.1, 0.15) is 39.5 Å². The first-order valence-electron chi connectivity index (χ1n) is 8.05. The zero-order valence-corrected chi connectivity index (χ0v) is 15.8. The number of hydrogen-bond acceptors (Lipinski definition) is 5. The fourth-order valence-electron chi connectivity index (χ4n) is 2.19. The maximum Gasteiger partial charge on any atom is 0.242 e. The van der Waals surface area contributed by atoms with E-state index in [1.807, 2.05) is 0 Å². The monoisotopic (exact) mass is 369 g/mol. The molecule has 1 aromatic heterocycles. The number of thiazole rings is 1. The highest BCUT2D eigenvalue weighted by molar-refractivity contribution is 7.89. The lowest BCUT2D eigenvalue weighted by atomic mass is 10.2. The highest BCUT2D eigenvalue weighted by Crippen LogP contribution is 2.29. The minimum absolute atomic E-state index is 0.0546. The van der Waals surface area contributed by atoms with Crippen LogP contribution in [0.3, 0.4) is 0 Å². The second-order valence-corrected chi connectivity index (χ2v) is 8.65. The van der Waals surface area contributed by atoms with Gasteiger partial charge in [-0.3, -0.25) is 4.79 Å². The minimum atomic E-state index is -3.48. The number of unbranched alkanes of at least 4 members (excludes halogenated alkanes) is 2. The van der Waals surface area contributed by atoms with Gasteiger partial charge in [0.2, 0.25) is 15.9 Å². The molecule has 0 unspecified atom stereocenters. The van der Waals surface area contributed by atoms with E-state index in [1.54, 1.807) is 32.2 Å². The number of nitrogens with zero attached hydrogens (tertiary/aromatic N) is 2. The number of carbonyl (C=O) groups excluding carboxylic acids is 1. The third-order valence-electron chi connectivity index (χ3n) is 3.77. The lowest BCUT2D eigenvalue weighted by Crippen LogP contribution is -2.26. The summed E-state index contributed by atoms with van der Waals surface area (Å²) >= 11 is 1.29. The van der Waals surface area contributed by atoms with Crippen molar-refractivity contribution >= 4 is 42.6 Å². The van der Waals surface area contributed by atoms with Gasteiger partial charge in [0, 0.05) is 20.0 Å². The van der Waals surface area contributed by atoms with Gasteiger partial charge in [-0.25, -0.2) is 17.7 Å². The number of hydrogen-bond donors (Lipinski definition) is 1. The molecule has 0 spiro atoms. The topological polar surface area (TPSA) is 79.4 Å². The summed E-state index contributed by atoms with van der Waals surface area (Å²) in [6, 6.07) is 4.84. The first-order valence-corrected chi connectivity index (χ1v) is 10.3. The molecule has 0 aliphatic heterocycles. The fraction of sp³-hybridized carbons (Fsp3) is 0.500. The zero-order valence-electron chi connectivity index (χ0n) is 14.2. The van der Waals surface area contributed by atoms with Gasteiger partial charge in [0.1, 0.15) is 0 Å². The molecule has 1 heterocycles. The van der Waals surface area contributed by atoms with Crippen LogP contribution in [0.4, 0.5) is 5.13 Å². The second kappa shape index (κ2) is 8.04. The van der Waals surface area contributed by atoms with Crippen molar-refractivity contribution in [1.82, 2.24) is 9.29 Å². The van der Waals surface area contributed by atoms with Gasteiger partial charge < -0.3 is 5.32 Å². The highest BCUT2D eigenvalue weighted by Gasteiger charge is 2.20. The van der Waals surface area contributed by atoms with Gasteiger partial charge in [0.25, 0.3) is 0 Å². The van der Waals surface area contributed by atoms with E-state index in [0.717, 1.165) is 24.0 Å². The molecule has 0 fully saturated rings. The molecule has 2 rings (SSSR count). The van der Waals surface area contributed by atoms with Crippen molar-refractivity contribution in [3.8, 4) is 0 Å². The molecule has 0 saturated heterocycles. The minimum Gasteiger partial charge on any atom is -0.302 e. The number of aromatic nitrogens is 1. The average molecular weight is 370 g/mol. The Hall–Kier alpha value is -1.51. The molecule has 1 amide bonds. The normalized spacial score (nSPS) is 12.0. The average Bonchev–Trinajstić information content (AvgIpc) is 2.95. The molecule has 0 aliphatic carbocycles. The number of benzene rings is 1. The summed E-state index contributed by atoms with van der Waals surface area (Å²) in [6.07, 6.45) is 3.43. The zero-order chi connectivity index (χ0) is 17.7. The highest BCUT2D eigenvalue weighted by atomic mass is 32.2. The number of rotatable bonds is 8. The second-order valence-electron chi connectivity index (χ2n) is 5.57. The fourth-order valence-corrected chi connectivity index (χ4v) is 4.39. The molecule has 1 aromatic carbocycles. The third kappa shape index (κ3) is 4.31. The number of fused-ring (bicyclic) bond motifs is 1. The summed E-state index contributed by atoms with van der Waals surface area (Å²) in [5.74, 6) is -0.0546. The molecule has 132 valence electrons. The smallest absolute Gasteiger partial charge is 0.242 e. The van der Waals surface area contributed by atoms with Gasteiger partial charge in [-0.05, 0) is 24.6 Å². The van der Waals surface area contributed by atoms with Crippen LogP contribution in [-0.4, -0.2) is 37.2 Å². The van der Waals surface area contributed by atoms with Crippen molar-refractivity contribution in [2.75, 3.05) is 18.9 Å². The number of carbonyl (C=O) groups is 1. The third-order valence-corrected chi connectivity index (χ3v) is 6.63. The van der Waals surface area contributed by atoms with Gasteiger partial charge in [-0.2, -0.15) is 0 Å². The van der Waals surface area contributed by atoms with Crippen LogP contribution in [0.25, 0.3) is 10.2 Å². The lowest BCUT2D eigenvalue weighted by Gasteiger charge is -2.14. The molecule has 0 atom stereocenters. The summed E-state index contributed by atoms with van der Waals surface area (Å²) < 4.78 is 26.8.